The van der Waals surface area contributed by atoms with Crippen molar-refractivity contribution in [1.29, 1.82) is 0 Å². The van der Waals surface area contributed by atoms with E-state index in [-0.39, 0.29) is 11.7 Å². The summed E-state index contributed by atoms with van der Waals surface area (Å²) in [5, 5.41) is 0.598. The van der Waals surface area contributed by atoms with Crippen molar-refractivity contribution in [3.05, 3.63) is 53.8 Å². The summed E-state index contributed by atoms with van der Waals surface area (Å²) in [4.78, 5) is 18.9. The first-order chi connectivity index (χ1) is 12.2. The van der Waals surface area contributed by atoms with Crippen LogP contribution in [0.3, 0.4) is 0 Å². The van der Waals surface area contributed by atoms with Crippen LogP contribution in [-0.2, 0) is 4.79 Å². The summed E-state index contributed by atoms with van der Waals surface area (Å²) >= 11 is 1.33. The Morgan fingerprint density at radius 1 is 1.16 bits per heavy atom. The van der Waals surface area contributed by atoms with E-state index in [9.17, 15) is 9.18 Å². The number of benzene rings is 2. The van der Waals surface area contributed by atoms with Gasteiger partial charge < -0.3 is 9.88 Å². The van der Waals surface area contributed by atoms with Crippen LogP contribution in [0.2, 0.25) is 0 Å². The molecule has 0 aliphatic carbocycles. The van der Waals surface area contributed by atoms with E-state index >= 15 is 0 Å². The third-order valence-electron chi connectivity index (χ3n) is 4.78. The molecule has 0 radical (unpaired) electrons. The molecule has 128 valence electrons. The van der Waals surface area contributed by atoms with E-state index in [4.69, 9.17) is 0 Å². The minimum atomic E-state index is -0.435. The Hall–Kier alpha value is -2.27. The average Bonchev–Trinajstić information content (AvgIpc) is 3.02. The number of hydrogen-bond donors (Lipinski definition) is 1. The number of amides is 1. The smallest absolute Gasteiger partial charge is 0.240 e. The second-order valence-corrected chi connectivity index (χ2v) is 7.20. The van der Waals surface area contributed by atoms with Gasteiger partial charge in [-0.15, -0.1) is 11.8 Å². The fraction of sp³-hybridized carbons (Fsp3) is 0.250. The first kappa shape index (κ1) is 16.2. The molecule has 0 saturated heterocycles. The number of aromatic amines is 1. The fourth-order valence-electron chi connectivity index (χ4n) is 3.53. The number of carbonyl (C=O) groups is 1. The lowest BCUT2D eigenvalue weighted by Gasteiger charge is -2.29. The van der Waals surface area contributed by atoms with Crippen molar-refractivity contribution in [3.63, 3.8) is 0 Å². The molecule has 0 spiro atoms. The van der Waals surface area contributed by atoms with Crippen molar-refractivity contribution in [2.45, 2.75) is 24.0 Å². The minimum Gasteiger partial charge on any atom is -0.354 e. The number of para-hydroxylation sites is 1. The van der Waals surface area contributed by atoms with E-state index in [0.29, 0.717) is 18.0 Å². The molecule has 25 heavy (non-hydrogen) atoms. The third-order valence-corrected chi connectivity index (χ3v) is 6.10. The van der Waals surface area contributed by atoms with Crippen molar-refractivity contribution in [2.75, 3.05) is 13.1 Å². The highest BCUT2D eigenvalue weighted by atomic mass is 32.2. The lowest BCUT2D eigenvalue weighted by molar-refractivity contribution is -0.130. The van der Waals surface area contributed by atoms with Crippen LogP contribution >= 0.6 is 11.8 Å². The highest BCUT2D eigenvalue weighted by molar-refractivity contribution is 8.00. The number of halogens is 1. The van der Waals surface area contributed by atoms with Crippen LogP contribution in [0.15, 0.2) is 47.4 Å². The van der Waals surface area contributed by atoms with E-state index in [2.05, 4.69) is 4.98 Å². The Labute approximate surface area is 150 Å². The van der Waals surface area contributed by atoms with Crippen molar-refractivity contribution < 1.29 is 9.18 Å². The second-order valence-electron chi connectivity index (χ2n) is 6.08. The van der Waals surface area contributed by atoms with Crippen LogP contribution in [0, 0.1) is 5.82 Å². The largest absolute Gasteiger partial charge is 0.354 e. The molecule has 2 heterocycles. The Morgan fingerprint density at radius 3 is 2.68 bits per heavy atom. The minimum absolute atomic E-state index is 0.0370. The molecule has 0 saturated carbocycles. The first-order valence-corrected chi connectivity index (χ1v) is 9.38. The van der Waals surface area contributed by atoms with Crippen molar-refractivity contribution in [3.8, 4) is 11.3 Å². The van der Waals surface area contributed by atoms with Crippen LogP contribution in [0.25, 0.3) is 22.2 Å². The van der Waals surface area contributed by atoms with E-state index < -0.39 is 5.25 Å². The number of carbonyl (C=O) groups excluding carboxylic acids is 1. The Bertz CT molecular complexity index is 961. The summed E-state index contributed by atoms with van der Waals surface area (Å²) in [6.07, 6.45) is 0. The molecule has 1 aromatic heterocycles. The molecule has 1 N–H and O–H groups in total. The van der Waals surface area contributed by atoms with E-state index in [1.54, 1.807) is 6.07 Å². The van der Waals surface area contributed by atoms with Crippen molar-refractivity contribution >= 4 is 28.6 Å². The maximum Gasteiger partial charge on any atom is 0.240 e. The van der Waals surface area contributed by atoms with Gasteiger partial charge in [-0.2, -0.15) is 0 Å². The van der Waals surface area contributed by atoms with E-state index in [1.807, 2.05) is 49.1 Å². The molecule has 2 aromatic carbocycles. The Kier molecular flexibility index (Phi) is 4.04. The molecule has 1 amide bonds. The SMILES string of the molecule is CCN(CC)C(=O)C1Sc2c(F)cccc2-c2[nH]c3ccccc3c21. The van der Waals surface area contributed by atoms with Gasteiger partial charge in [0.1, 0.15) is 11.1 Å². The van der Waals surface area contributed by atoms with Crippen LogP contribution in [0.4, 0.5) is 4.39 Å². The number of hydrogen-bond acceptors (Lipinski definition) is 2. The first-order valence-electron chi connectivity index (χ1n) is 8.50. The molecule has 0 fully saturated rings. The van der Waals surface area contributed by atoms with Crippen LogP contribution in [-0.4, -0.2) is 28.9 Å². The number of likely N-dealkylation sites (N-methyl/N-ethyl adjacent to an activating group) is 1. The summed E-state index contributed by atoms with van der Waals surface area (Å²) < 4.78 is 14.5. The molecule has 3 aromatic rings. The van der Waals surface area contributed by atoms with E-state index in [1.165, 1.54) is 17.8 Å². The molecule has 1 atom stereocenters. The average molecular weight is 354 g/mol. The van der Waals surface area contributed by atoms with E-state index in [0.717, 1.165) is 27.7 Å². The second kappa shape index (κ2) is 6.23. The lowest BCUT2D eigenvalue weighted by Crippen LogP contribution is -2.34. The van der Waals surface area contributed by atoms with Gasteiger partial charge in [0.25, 0.3) is 0 Å². The van der Waals surface area contributed by atoms with Gasteiger partial charge >= 0.3 is 0 Å². The molecular formula is C20H19FN2OS. The summed E-state index contributed by atoms with van der Waals surface area (Å²) in [5.74, 6) is -0.237. The summed E-state index contributed by atoms with van der Waals surface area (Å²) in [5.41, 5.74) is 3.64. The number of rotatable bonds is 3. The molecule has 1 aliphatic rings. The zero-order chi connectivity index (χ0) is 17.6. The molecule has 4 rings (SSSR count). The Morgan fingerprint density at radius 2 is 1.92 bits per heavy atom. The molecule has 1 unspecified atom stereocenters. The highest BCUT2D eigenvalue weighted by Crippen LogP contribution is 2.52. The lowest BCUT2D eigenvalue weighted by atomic mass is 10.0. The predicted octanol–water partition coefficient (Wildman–Crippen LogP) is 4.99. The molecule has 0 bridgehead atoms. The monoisotopic (exact) mass is 354 g/mol. The summed E-state index contributed by atoms with van der Waals surface area (Å²) in [6, 6.07) is 13.0. The fourth-order valence-corrected chi connectivity index (χ4v) is 4.85. The zero-order valence-electron chi connectivity index (χ0n) is 14.2. The van der Waals surface area contributed by atoms with Crippen molar-refractivity contribution in [1.82, 2.24) is 9.88 Å². The van der Waals surface area contributed by atoms with Crippen LogP contribution in [0.1, 0.15) is 24.7 Å². The third kappa shape index (κ3) is 2.45. The number of nitrogens with one attached hydrogen (secondary N) is 1. The van der Waals surface area contributed by atoms with Gasteiger partial charge in [0.15, 0.2) is 0 Å². The van der Waals surface area contributed by atoms with Gasteiger partial charge in [-0.1, -0.05) is 30.3 Å². The summed E-state index contributed by atoms with van der Waals surface area (Å²) in [7, 11) is 0. The number of aromatic nitrogens is 1. The topological polar surface area (TPSA) is 36.1 Å². The number of fused-ring (bicyclic) bond motifs is 5. The molecule has 5 heteroatoms. The maximum atomic E-state index is 14.5. The van der Waals surface area contributed by atoms with Crippen LogP contribution < -0.4 is 0 Å². The van der Waals surface area contributed by atoms with Gasteiger partial charge in [0.05, 0.1) is 10.6 Å². The van der Waals surface area contributed by atoms with Gasteiger partial charge in [-0.25, -0.2) is 4.39 Å². The molecule has 1 aliphatic heterocycles. The van der Waals surface area contributed by atoms with Crippen molar-refractivity contribution in [2.24, 2.45) is 0 Å². The predicted molar refractivity (Wildman–Crippen MR) is 100 cm³/mol. The number of nitrogens with zero attached hydrogens (tertiary/aromatic N) is 1. The highest BCUT2D eigenvalue weighted by Gasteiger charge is 2.36. The number of H-pyrrole nitrogens is 1. The van der Waals surface area contributed by atoms with Gasteiger partial charge in [0.2, 0.25) is 5.91 Å². The zero-order valence-corrected chi connectivity index (χ0v) is 15.0. The van der Waals surface area contributed by atoms with Gasteiger partial charge in [-0.05, 0) is 26.0 Å². The Balaban J connectivity index is 1.98. The molecule has 3 nitrogen and oxygen atoms in total. The molecular weight excluding hydrogens is 335 g/mol. The maximum absolute atomic E-state index is 14.5. The van der Waals surface area contributed by atoms with Crippen LogP contribution in [0.5, 0.6) is 0 Å². The normalized spacial score (nSPS) is 15.7. The summed E-state index contributed by atoms with van der Waals surface area (Å²) in [6.45, 7) is 5.24. The quantitative estimate of drug-likeness (QED) is 0.719. The van der Waals surface area contributed by atoms with Gasteiger partial charge in [-0.3, -0.25) is 4.79 Å². The number of thioether (sulfide) groups is 1. The van der Waals surface area contributed by atoms with Gasteiger partial charge in [0, 0.05) is 35.1 Å². The standard InChI is InChI=1S/C20H19FN2OS/c1-3-23(4-2)20(24)19-16-12-8-5-6-11-15(12)22-17(16)13-9-7-10-14(21)18(13)25-19/h5-11,19,22H,3-4H2,1-2H3.